The summed E-state index contributed by atoms with van der Waals surface area (Å²) >= 11 is 3.44. The van der Waals surface area contributed by atoms with Gasteiger partial charge in [0.1, 0.15) is 0 Å². The number of nitrogens with zero attached hydrogens (tertiary/aromatic N) is 3. The molecule has 0 saturated carbocycles. The summed E-state index contributed by atoms with van der Waals surface area (Å²) in [6.45, 7) is 4.44. The van der Waals surface area contributed by atoms with E-state index in [4.69, 9.17) is 5.84 Å². The lowest BCUT2D eigenvalue weighted by atomic mass is 10.00. The van der Waals surface area contributed by atoms with Crippen LogP contribution in [0.4, 0.5) is 11.8 Å². The number of hydrazine groups is 2. The highest BCUT2D eigenvalue weighted by atomic mass is 79.9. The van der Waals surface area contributed by atoms with Gasteiger partial charge in [-0.2, -0.15) is 4.98 Å². The molecule has 0 radical (unpaired) electrons. The molecule has 1 aromatic heterocycles. The zero-order chi connectivity index (χ0) is 13.1. The number of nitrogens with one attached hydrogen (secondary N) is 2. The molecular weight excluding hydrogens is 296 g/mol. The molecule has 2 unspecified atom stereocenters. The molecular formula is C11H19BrN6. The molecule has 18 heavy (non-hydrogen) atoms. The standard InChI is InChI=1S/C11H19BrN6/c1-7-4-3-5-8(2)18(7)17-10-9(12)6-14-11(15-10)16-13/h6-8H,3-5,13H2,1-2H3,(H2,14,15,16,17). The maximum absolute atomic E-state index is 5.32. The van der Waals surface area contributed by atoms with E-state index >= 15 is 0 Å². The van der Waals surface area contributed by atoms with E-state index in [1.165, 1.54) is 19.3 Å². The number of hydrogen-bond donors (Lipinski definition) is 3. The number of rotatable bonds is 3. The Morgan fingerprint density at radius 3 is 2.67 bits per heavy atom. The molecule has 2 heterocycles. The van der Waals surface area contributed by atoms with Crippen molar-refractivity contribution < 1.29 is 0 Å². The summed E-state index contributed by atoms with van der Waals surface area (Å²) in [5, 5.41) is 2.25. The average molecular weight is 315 g/mol. The van der Waals surface area contributed by atoms with E-state index in [2.05, 4.69) is 55.6 Å². The van der Waals surface area contributed by atoms with Gasteiger partial charge in [-0.05, 0) is 42.6 Å². The molecule has 0 aliphatic carbocycles. The van der Waals surface area contributed by atoms with Crippen molar-refractivity contribution in [1.82, 2.24) is 15.0 Å². The summed E-state index contributed by atoms with van der Waals surface area (Å²) in [4.78, 5) is 8.34. The third kappa shape index (κ3) is 2.90. The van der Waals surface area contributed by atoms with Crippen LogP contribution in [-0.4, -0.2) is 27.1 Å². The van der Waals surface area contributed by atoms with Crippen LogP contribution in [0.3, 0.4) is 0 Å². The molecule has 0 amide bonds. The summed E-state index contributed by atoms with van der Waals surface area (Å²) in [6.07, 6.45) is 5.36. The first-order chi connectivity index (χ1) is 8.61. The summed E-state index contributed by atoms with van der Waals surface area (Å²) in [5.41, 5.74) is 5.82. The Hall–Kier alpha value is -0.920. The Morgan fingerprint density at radius 2 is 2.06 bits per heavy atom. The summed E-state index contributed by atoms with van der Waals surface area (Å²) in [7, 11) is 0. The monoisotopic (exact) mass is 314 g/mol. The second-order valence-corrected chi connectivity index (χ2v) is 5.54. The average Bonchev–Trinajstić information content (AvgIpc) is 2.36. The van der Waals surface area contributed by atoms with Crippen molar-refractivity contribution in [2.24, 2.45) is 5.84 Å². The molecule has 1 aliphatic heterocycles. The van der Waals surface area contributed by atoms with Crippen LogP contribution in [0.25, 0.3) is 0 Å². The van der Waals surface area contributed by atoms with E-state index in [1.54, 1.807) is 6.20 Å². The van der Waals surface area contributed by atoms with E-state index in [1.807, 2.05) is 0 Å². The van der Waals surface area contributed by atoms with Gasteiger partial charge in [-0.3, -0.25) is 5.43 Å². The molecule has 1 saturated heterocycles. The highest BCUT2D eigenvalue weighted by Crippen LogP contribution is 2.26. The lowest BCUT2D eigenvalue weighted by molar-refractivity contribution is 0.135. The van der Waals surface area contributed by atoms with Gasteiger partial charge in [0.15, 0.2) is 5.82 Å². The maximum atomic E-state index is 5.32. The molecule has 2 rings (SSSR count). The zero-order valence-corrected chi connectivity index (χ0v) is 12.2. The summed E-state index contributed by atoms with van der Waals surface area (Å²) in [5.74, 6) is 6.46. The lowest BCUT2D eigenvalue weighted by Gasteiger charge is -2.39. The van der Waals surface area contributed by atoms with E-state index in [9.17, 15) is 0 Å². The third-order valence-electron chi connectivity index (χ3n) is 3.30. The summed E-state index contributed by atoms with van der Waals surface area (Å²) in [6, 6.07) is 0.981. The number of aromatic nitrogens is 2. The highest BCUT2D eigenvalue weighted by Gasteiger charge is 2.25. The molecule has 2 atom stereocenters. The van der Waals surface area contributed by atoms with E-state index in [0.29, 0.717) is 18.0 Å². The van der Waals surface area contributed by atoms with E-state index < -0.39 is 0 Å². The fourth-order valence-electron chi connectivity index (χ4n) is 2.28. The SMILES string of the molecule is CC1CCCC(C)N1Nc1nc(NN)ncc1Br. The Morgan fingerprint density at radius 1 is 1.39 bits per heavy atom. The molecule has 0 spiro atoms. The minimum Gasteiger partial charge on any atom is -0.301 e. The first-order valence-corrected chi connectivity index (χ1v) is 6.95. The minimum atomic E-state index is 0.401. The second-order valence-electron chi connectivity index (χ2n) is 4.68. The molecule has 1 fully saturated rings. The number of nitrogens with two attached hydrogens (primary N) is 1. The highest BCUT2D eigenvalue weighted by molar-refractivity contribution is 9.10. The first-order valence-electron chi connectivity index (χ1n) is 6.16. The van der Waals surface area contributed by atoms with Gasteiger partial charge in [-0.25, -0.2) is 15.8 Å². The smallest absolute Gasteiger partial charge is 0.239 e. The van der Waals surface area contributed by atoms with Crippen LogP contribution in [0.5, 0.6) is 0 Å². The molecule has 0 bridgehead atoms. The van der Waals surface area contributed by atoms with E-state index in [-0.39, 0.29) is 0 Å². The van der Waals surface area contributed by atoms with Crippen LogP contribution < -0.4 is 16.7 Å². The van der Waals surface area contributed by atoms with Gasteiger partial charge in [-0.15, -0.1) is 0 Å². The normalized spacial score (nSPS) is 24.9. The van der Waals surface area contributed by atoms with Gasteiger partial charge >= 0.3 is 0 Å². The second kappa shape index (κ2) is 5.81. The van der Waals surface area contributed by atoms with Crippen LogP contribution in [0, 0.1) is 0 Å². The first kappa shape index (κ1) is 13.5. The topological polar surface area (TPSA) is 79.1 Å². The molecule has 0 aromatic carbocycles. The predicted octanol–water partition coefficient (Wildman–Crippen LogP) is 2.11. The van der Waals surface area contributed by atoms with Crippen molar-refractivity contribution in [2.45, 2.75) is 45.2 Å². The zero-order valence-electron chi connectivity index (χ0n) is 10.7. The van der Waals surface area contributed by atoms with Crippen molar-refractivity contribution in [3.8, 4) is 0 Å². The Bertz CT molecular complexity index is 403. The van der Waals surface area contributed by atoms with Crippen molar-refractivity contribution >= 4 is 27.7 Å². The van der Waals surface area contributed by atoms with Gasteiger partial charge in [0.25, 0.3) is 0 Å². The maximum Gasteiger partial charge on any atom is 0.239 e. The quantitative estimate of drug-likeness (QED) is 0.586. The predicted molar refractivity (Wildman–Crippen MR) is 75.8 cm³/mol. The van der Waals surface area contributed by atoms with Crippen LogP contribution in [0.2, 0.25) is 0 Å². The van der Waals surface area contributed by atoms with Crippen LogP contribution in [0.1, 0.15) is 33.1 Å². The largest absolute Gasteiger partial charge is 0.301 e. The van der Waals surface area contributed by atoms with Gasteiger partial charge in [0, 0.05) is 18.3 Å². The van der Waals surface area contributed by atoms with Crippen molar-refractivity contribution in [3.63, 3.8) is 0 Å². The van der Waals surface area contributed by atoms with Crippen molar-refractivity contribution in [2.75, 3.05) is 10.9 Å². The third-order valence-corrected chi connectivity index (χ3v) is 3.88. The molecule has 1 aromatic rings. The minimum absolute atomic E-state index is 0.401. The van der Waals surface area contributed by atoms with Crippen LogP contribution >= 0.6 is 15.9 Å². The van der Waals surface area contributed by atoms with Crippen molar-refractivity contribution in [3.05, 3.63) is 10.7 Å². The van der Waals surface area contributed by atoms with Crippen molar-refractivity contribution in [1.29, 1.82) is 0 Å². The van der Waals surface area contributed by atoms with Gasteiger partial charge in [0.2, 0.25) is 5.95 Å². The summed E-state index contributed by atoms with van der Waals surface area (Å²) < 4.78 is 0.825. The molecule has 7 heteroatoms. The number of nitrogen functional groups attached to an aromatic ring is 1. The number of halogens is 1. The van der Waals surface area contributed by atoms with Gasteiger partial charge in [0.05, 0.1) is 4.47 Å². The molecule has 100 valence electrons. The van der Waals surface area contributed by atoms with Gasteiger partial charge < -0.3 is 5.43 Å². The molecule has 4 N–H and O–H groups in total. The molecule has 1 aliphatic rings. The fourth-order valence-corrected chi connectivity index (χ4v) is 2.56. The number of hydrogen-bond acceptors (Lipinski definition) is 6. The number of anilines is 2. The fraction of sp³-hybridized carbons (Fsp3) is 0.636. The number of piperidine rings is 1. The lowest BCUT2D eigenvalue weighted by Crippen LogP contribution is -2.47. The van der Waals surface area contributed by atoms with E-state index in [0.717, 1.165) is 10.3 Å². The molecule has 6 nitrogen and oxygen atoms in total. The van der Waals surface area contributed by atoms with Crippen LogP contribution in [0.15, 0.2) is 10.7 Å². The Kier molecular flexibility index (Phi) is 4.36. The van der Waals surface area contributed by atoms with Crippen LogP contribution in [-0.2, 0) is 0 Å². The Balaban J connectivity index is 2.16. The Labute approximate surface area is 115 Å². The van der Waals surface area contributed by atoms with Gasteiger partial charge in [-0.1, -0.05) is 6.42 Å².